The van der Waals surface area contributed by atoms with Crippen LogP contribution in [0.25, 0.3) is 11.6 Å². The Hall–Kier alpha value is -2.49. The highest BCUT2D eigenvalue weighted by molar-refractivity contribution is 6.34. The van der Waals surface area contributed by atoms with Crippen molar-refractivity contribution in [2.24, 2.45) is 0 Å². The van der Waals surface area contributed by atoms with Gasteiger partial charge < -0.3 is 15.5 Å². The van der Waals surface area contributed by atoms with Crippen LogP contribution in [-0.2, 0) is 4.79 Å². The van der Waals surface area contributed by atoms with Crippen LogP contribution in [0.5, 0.6) is 0 Å². The summed E-state index contributed by atoms with van der Waals surface area (Å²) < 4.78 is 5.20. The lowest BCUT2D eigenvalue weighted by atomic mass is 10.1. The van der Waals surface area contributed by atoms with Crippen molar-refractivity contribution in [3.63, 3.8) is 0 Å². The zero-order chi connectivity index (χ0) is 11.8. The number of nitrogens with two attached hydrogens (primary N) is 1. The van der Waals surface area contributed by atoms with Gasteiger partial charge in [0, 0.05) is 16.9 Å². The predicted molar refractivity (Wildman–Crippen MR) is 66.1 cm³/mol. The van der Waals surface area contributed by atoms with Crippen molar-refractivity contribution in [1.82, 2.24) is 0 Å². The monoisotopic (exact) mass is 226 g/mol. The van der Waals surface area contributed by atoms with Gasteiger partial charge in [0.15, 0.2) is 0 Å². The number of fused-ring (bicyclic) bond motifs is 1. The highest BCUT2D eigenvalue weighted by atomic mass is 16.3. The summed E-state index contributed by atoms with van der Waals surface area (Å²) in [6, 6.07) is 8.91. The number of nitrogens with one attached hydrogen (secondary N) is 1. The summed E-state index contributed by atoms with van der Waals surface area (Å²) in [5, 5.41) is 2.78. The molecule has 0 aliphatic carbocycles. The van der Waals surface area contributed by atoms with Crippen LogP contribution in [0.1, 0.15) is 11.3 Å². The van der Waals surface area contributed by atoms with Crippen LogP contribution in [0.2, 0.25) is 0 Å². The summed E-state index contributed by atoms with van der Waals surface area (Å²) in [7, 11) is 0. The molecular weight excluding hydrogens is 216 g/mol. The van der Waals surface area contributed by atoms with Gasteiger partial charge in [0.1, 0.15) is 5.76 Å². The van der Waals surface area contributed by atoms with Crippen LogP contribution >= 0.6 is 0 Å². The van der Waals surface area contributed by atoms with Crippen LogP contribution < -0.4 is 11.1 Å². The van der Waals surface area contributed by atoms with Crippen LogP contribution in [0, 0.1) is 0 Å². The quantitative estimate of drug-likeness (QED) is 0.579. The largest absolute Gasteiger partial charge is 0.465 e. The van der Waals surface area contributed by atoms with E-state index < -0.39 is 0 Å². The average molecular weight is 226 g/mol. The van der Waals surface area contributed by atoms with Gasteiger partial charge >= 0.3 is 0 Å². The molecule has 2 aromatic rings. The normalized spacial score (nSPS) is 16.0. The Morgan fingerprint density at radius 2 is 2.18 bits per heavy atom. The van der Waals surface area contributed by atoms with E-state index in [0.29, 0.717) is 17.0 Å². The number of amides is 1. The zero-order valence-electron chi connectivity index (χ0n) is 8.94. The lowest BCUT2D eigenvalue weighted by Crippen LogP contribution is -2.03. The number of anilines is 2. The van der Waals surface area contributed by atoms with E-state index in [2.05, 4.69) is 5.32 Å². The Bertz CT molecular complexity index is 612. The number of furan rings is 1. The minimum Gasteiger partial charge on any atom is -0.465 e. The van der Waals surface area contributed by atoms with E-state index in [1.54, 1.807) is 42.7 Å². The molecule has 0 saturated carbocycles. The van der Waals surface area contributed by atoms with Crippen LogP contribution in [0.15, 0.2) is 41.0 Å². The maximum absolute atomic E-state index is 11.8. The van der Waals surface area contributed by atoms with E-state index in [1.165, 1.54) is 0 Å². The summed E-state index contributed by atoms with van der Waals surface area (Å²) >= 11 is 0. The van der Waals surface area contributed by atoms with Gasteiger partial charge in [0.2, 0.25) is 0 Å². The van der Waals surface area contributed by atoms with E-state index in [1.807, 2.05) is 0 Å². The number of benzene rings is 1. The summed E-state index contributed by atoms with van der Waals surface area (Å²) in [5.41, 5.74) is 8.51. The van der Waals surface area contributed by atoms with Gasteiger partial charge in [0.25, 0.3) is 5.91 Å². The van der Waals surface area contributed by atoms with Gasteiger partial charge in [-0.2, -0.15) is 0 Å². The first-order chi connectivity index (χ1) is 8.24. The molecule has 4 heteroatoms. The Labute approximate surface area is 97.7 Å². The molecule has 1 amide bonds. The molecule has 0 spiro atoms. The second-order valence-corrected chi connectivity index (χ2v) is 3.83. The van der Waals surface area contributed by atoms with Crippen LogP contribution in [0.4, 0.5) is 11.4 Å². The minimum atomic E-state index is -0.137. The molecule has 84 valence electrons. The molecule has 1 aromatic heterocycles. The van der Waals surface area contributed by atoms with Crippen molar-refractivity contribution in [3.8, 4) is 0 Å². The smallest absolute Gasteiger partial charge is 0.256 e. The molecule has 4 nitrogen and oxygen atoms in total. The predicted octanol–water partition coefficient (Wildman–Crippen LogP) is 2.35. The van der Waals surface area contributed by atoms with Crippen molar-refractivity contribution < 1.29 is 9.21 Å². The Morgan fingerprint density at radius 1 is 1.29 bits per heavy atom. The molecule has 0 unspecified atom stereocenters. The number of hydrogen-bond acceptors (Lipinski definition) is 3. The molecule has 1 aliphatic rings. The van der Waals surface area contributed by atoms with Gasteiger partial charge in [-0.3, -0.25) is 4.79 Å². The molecule has 17 heavy (non-hydrogen) atoms. The van der Waals surface area contributed by atoms with Crippen molar-refractivity contribution in [1.29, 1.82) is 0 Å². The Balaban J connectivity index is 2.13. The maximum atomic E-state index is 11.8. The number of nitrogen functional groups attached to an aromatic ring is 1. The Morgan fingerprint density at radius 3 is 2.94 bits per heavy atom. The molecule has 1 aliphatic heterocycles. The van der Waals surface area contributed by atoms with Gasteiger partial charge in [-0.25, -0.2) is 0 Å². The SMILES string of the molecule is Nc1ccc2c(c1)/C(=C/c1ccco1)C(=O)N2. The second-order valence-electron chi connectivity index (χ2n) is 3.83. The fourth-order valence-corrected chi connectivity index (χ4v) is 1.86. The van der Waals surface area contributed by atoms with Gasteiger partial charge in [-0.05, 0) is 36.4 Å². The van der Waals surface area contributed by atoms with Crippen molar-refractivity contribution in [2.45, 2.75) is 0 Å². The molecule has 2 heterocycles. The Kier molecular flexibility index (Phi) is 2.01. The van der Waals surface area contributed by atoms with Crippen molar-refractivity contribution >= 4 is 28.9 Å². The molecule has 3 rings (SSSR count). The average Bonchev–Trinajstić information content (AvgIpc) is 2.90. The van der Waals surface area contributed by atoms with Crippen LogP contribution in [0.3, 0.4) is 0 Å². The molecule has 0 radical (unpaired) electrons. The first-order valence-electron chi connectivity index (χ1n) is 5.20. The van der Waals surface area contributed by atoms with Crippen LogP contribution in [-0.4, -0.2) is 5.91 Å². The summed E-state index contributed by atoms with van der Waals surface area (Å²) in [4.78, 5) is 11.8. The number of carbonyl (C=O) groups is 1. The van der Waals surface area contributed by atoms with E-state index in [0.717, 1.165) is 11.3 Å². The molecule has 3 N–H and O–H groups in total. The summed E-state index contributed by atoms with van der Waals surface area (Å²) in [6.07, 6.45) is 3.28. The number of hydrogen-bond donors (Lipinski definition) is 2. The fourth-order valence-electron chi connectivity index (χ4n) is 1.86. The lowest BCUT2D eigenvalue weighted by Gasteiger charge is -1.99. The van der Waals surface area contributed by atoms with Crippen molar-refractivity contribution in [3.05, 3.63) is 47.9 Å². The van der Waals surface area contributed by atoms with E-state index in [9.17, 15) is 4.79 Å². The molecule has 0 fully saturated rings. The number of rotatable bonds is 1. The third-order valence-electron chi connectivity index (χ3n) is 2.66. The highest BCUT2D eigenvalue weighted by Gasteiger charge is 2.24. The second kappa shape index (κ2) is 3.52. The third kappa shape index (κ3) is 1.59. The maximum Gasteiger partial charge on any atom is 0.256 e. The fraction of sp³-hybridized carbons (Fsp3) is 0. The van der Waals surface area contributed by atoms with Crippen molar-refractivity contribution in [2.75, 3.05) is 11.1 Å². The zero-order valence-corrected chi connectivity index (χ0v) is 8.94. The highest BCUT2D eigenvalue weighted by Crippen LogP contribution is 2.34. The van der Waals surface area contributed by atoms with E-state index >= 15 is 0 Å². The standard InChI is InChI=1S/C13H10N2O2/c14-8-3-4-12-10(6-8)11(13(16)15-12)7-9-2-1-5-17-9/h1-7H,14H2,(H,15,16)/b11-7-. The summed E-state index contributed by atoms with van der Waals surface area (Å²) in [5.74, 6) is 0.507. The van der Waals surface area contributed by atoms with E-state index in [-0.39, 0.29) is 5.91 Å². The number of carbonyl (C=O) groups excluding carboxylic acids is 1. The third-order valence-corrected chi connectivity index (χ3v) is 2.66. The van der Waals surface area contributed by atoms with Gasteiger partial charge in [-0.1, -0.05) is 0 Å². The molecule has 0 atom stereocenters. The first kappa shape index (κ1) is 9.72. The molecule has 0 saturated heterocycles. The topological polar surface area (TPSA) is 68.3 Å². The minimum absolute atomic E-state index is 0.137. The summed E-state index contributed by atoms with van der Waals surface area (Å²) in [6.45, 7) is 0. The molecular formula is C13H10N2O2. The van der Waals surface area contributed by atoms with Gasteiger partial charge in [-0.15, -0.1) is 0 Å². The molecule has 1 aromatic carbocycles. The van der Waals surface area contributed by atoms with Gasteiger partial charge in [0.05, 0.1) is 11.8 Å². The lowest BCUT2D eigenvalue weighted by molar-refractivity contribution is -0.110. The molecule has 0 bridgehead atoms. The first-order valence-corrected chi connectivity index (χ1v) is 5.20. The van der Waals surface area contributed by atoms with E-state index in [4.69, 9.17) is 10.2 Å².